The van der Waals surface area contributed by atoms with Crippen molar-refractivity contribution in [2.24, 2.45) is 0 Å². The first-order valence-corrected chi connectivity index (χ1v) is 10.5. The Balaban J connectivity index is 0.00000300. The minimum Gasteiger partial charge on any atom is -0.497 e. The van der Waals surface area contributed by atoms with Gasteiger partial charge in [-0.1, -0.05) is 25.4 Å². The number of pyridine rings is 1. The summed E-state index contributed by atoms with van der Waals surface area (Å²) in [5.41, 5.74) is 2.95. The van der Waals surface area contributed by atoms with E-state index in [1.807, 2.05) is 24.3 Å². The van der Waals surface area contributed by atoms with Crippen LogP contribution in [0.4, 0.5) is 5.69 Å². The molecule has 0 amide bonds. The SMILES string of the molecule is CCN(CC)CCCC(C)Nc1c2ccc(Cl)cc2nc2ccc(OC)cc12.Cl.Cl.O. The van der Waals surface area contributed by atoms with Crippen LogP contribution in [-0.4, -0.2) is 48.1 Å². The molecule has 0 aliphatic heterocycles. The molecular formula is C23H34Cl3N3O2. The Morgan fingerprint density at radius 1 is 1.03 bits per heavy atom. The van der Waals surface area contributed by atoms with Crippen LogP contribution >= 0.6 is 36.4 Å². The Bertz CT molecular complexity index is 952. The largest absolute Gasteiger partial charge is 0.497 e. The standard InChI is InChI=1S/C23H30ClN3O.2ClH.H2O/c1-5-27(6-2)13-7-8-16(3)25-23-19-11-9-17(24)14-22(19)26-21-12-10-18(28-4)15-20(21)23;;;/h9-12,14-16H,5-8,13H2,1-4H3,(H,25,26);2*1H;1H2. The lowest BCUT2D eigenvalue weighted by molar-refractivity contribution is 0.295. The molecule has 8 heteroatoms. The second-order valence-electron chi connectivity index (χ2n) is 7.25. The lowest BCUT2D eigenvalue weighted by Crippen LogP contribution is -2.25. The van der Waals surface area contributed by atoms with Crippen LogP contribution in [0.1, 0.15) is 33.6 Å². The molecule has 0 aliphatic carbocycles. The average molecular weight is 491 g/mol. The highest BCUT2D eigenvalue weighted by Crippen LogP contribution is 2.34. The van der Waals surface area contributed by atoms with Crippen molar-refractivity contribution in [3.05, 3.63) is 41.4 Å². The number of fused-ring (bicyclic) bond motifs is 2. The van der Waals surface area contributed by atoms with Gasteiger partial charge in [0.05, 0.1) is 23.8 Å². The number of benzene rings is 2. The maximum atomic E-state index is 6.22. The summed E-state index contributed by atoms with van der Waals surface area (Å²) in [6.07, 6.45) is 2.28. The number of aromatic nitrogens is 1. The van der Waals surface area contributed by atoms with Gasteiger partial charge in [-0.25, -0.2) is 4.98 Å². The van der Waals surface area contributed by atoms with Crippen LogP contribution in [0.15, 0.2) is 36.4 Å². The molecule has 0 aliphatic rings. The van der Waals surface area contributed by atoms with Gasteiger partial charge in [-0.2, -0.15) is 0 Å². The maximum absolute atomic E-state index is 6.22. The number of halogens is 3. The summed E-state index contributed by atoms with van der Waals surface area (Å²) in [6.45, 7) is 10.0. The van der Waals surface area contributed by atoms with Crippen LogP contribution in [0.2, 0.25) is 5.02 Å². The number of methoxy groups -OCH3 is 1. The summed E-state index contributed by atoms with van der Waals surface area (Å²) < 4.78 is 5.45. The highest BCUT2D eigenvalue weighted by atomic mass is 35.5. The number of ether oxygens (including phenoxy) is 1. The Morgan fingerprint density at radius 3 is 2.39 bits per heavy atom. The number of nitrogens with one attached hydrogen (secondary N) is 1. The molecule has 1 heterocycles. The van der Waals surface area contributed by atoms with E-state index in [-0.39, 0.29) is 30.3 Å². The molecule has 1 atom stereocenters. The van der Waals surface area contributed by atoms with Gasteiger partial charge in [-0.15, -0.1) is 24.8 Å². The van der Waals surface area contributed by atoms with E-state index in [4.69, 9.17) is 21.3 Å². The van der Waals surface area contributed by atoms with Crippen molar-refractivity contribution in [2.75, 3.05) is 32.1 Å². The Labute approximate surface area is 202 Å². The van der Waals surface area contributed by atoms with Crippen LogP contribution in [0.3, 0.4) is 0 Å². The fraction of sp³-hybridized carbons (Fsp3) is 0.435. The van der Waals surface area contributed by atoms with E-state index in [1.165, 1.54) is 6.42 Å². The fourth-order valence-electron chi connectivity index (χ4n) is 3.66. The molecule has 1 unspecified atom stereocenters. The molecule has 3 N–H and O–H groups in total. The minimum absolute atomic E-state index is 0. The molecule has 0 fully saturated rings. The first-order valence-electron chi connectivity index (χ1n) is 10.1. The first kappa shape index (κ1) is 29.5. The third kappa shape index (κ3) is 7.26. The molecule has 174 valence electrons. The van der Waals surface area contributed by atoms with E-state index >= 15 is 0 Å². The molecule has 31 heavy (non-hydrogen) atoms. The predicted molar refractivity (Wildman–Crippen MR) is 139 cm³/mol. The molecule has 0 spiro atoms. The molecule has 5 nitrogen and oxygen atoms in total. The number of rotatable bonds is 9. The van der Waals surface area contributed by atoms with Gasteiger partial charge in [0.25, 0.3) is 0 Å². The molecular weight excluding hydrogens is 457 g/mol. The summed E-state index contributed by atoms with van der Waals surface area (Å²) in [5, 5.41) is 6.61. The van der Waals surface area contributed by atoms with E-state index in [2.05, 4.69) is 43.1 Å². The first-order chi connectivity index (χ1) is 13.5. The van der Waals surface area contributed by atoms with Crippen LogP contribution in [0.25, 0.3) is 21.8 Å². The summed E-state index contributed by atoms with van der Waals surface area (Å²) in [7, 11) is 1.69. The normalized spacial score (nSPS) is 11.4. The molecule has 2 aromatic carbocycles. The zero-order chi connectivity index (χ0) is 20.1. The van der Waals surface area contributed by atoms with Crippen molar-refractivity contribution >= 4 is 63.9 Å². The van der Waals surface area contributed by atoms with Crippen LogP contribution in [-0.2, 0) is 0 Å². The van der Waals surface area contributed by atoms with Gasteiger partial charge in [0.15, 0.2) is 0 Å². The highest BCUT2D eigenvalue weighted by Gasteiger charge is 2.13. The lowest BCUT2D eigenvalue weighted by atomic mass is 10.1. The van der Waals surface area contributed by atoms with Gasteiger partial charge in [-0.05, 0) is 75.8 Å². The quantitative estimate of drug-likeness (QED) is 0.374. The Morgan fingerprint density at radius 2 is 1.74 bits per heavy atom. The fourth-order valence-corrected chi connectivity index (χ4v) is 3.82. The van der Waals surface area contributed by atoms with Gasteiger partial charge in [0.2, 0.25) is 0 Å². The van der Waals surface area contributed by atoms with E-state index in [1.54, 1.807) is 7.11 Å². The van der Waals surface area contributed by atoms with Gasteiger partial charge < -0.3 is 20.4 Å². The van der Waals surface area contributed by atoms with Crippen molar-refractivity contribution in [1.82, 2.24) is 9.88 Å². The third-order valence-electron chi connectivity index (χ3n) is 5.34. The topological polar surface area (TPSA) is 68.9 Å². The van der Waals surface area contributed by atoms with Crippen molar-refractivity contribution in [3.63, 3.8) is 0 Å². The van der Waals surface area contributed by atoms with Crippen molar-refractivity contribution in [3.8, 4) is 5.75 Å². The summed E-state index contributed by atoms with van der Waals surface area (Å²) >= 11 is 6.22. The number of hydrogen-bond acceptors (Lipinski definition) is 4. The van der Waals surface area contributed by atoms with Crippen molar-refractivity contribution < 1.29 is 10.2 Å². The minimum atomic E-state index is 0. The van der Waals surface area contributed by atoms with Gasteiger partial charge in [0, 0.05) is 21.8 Å². The van der Waals surface area contributed by atoms with Gasteiger partial charge >= 0.3 is 0 Å². The number of nitrogens with zero attached hydrogens (tertiary/aromatic N) is 2. The molecule has 0 saturated carbocycles. The van der Waals surface area contributed by atoms with E-state index in [0.29, 0.717) is 11.1 Å². The molecule has 0 bridgehead atoms. The van der Waals surface area contributed by atoms with Gasteiger partial charge in [0.1, 0.15) is 5.75 Å². The van der Waals surface area contributed by atoms with Crippen LogP contribution in [0, 0.1) is 0 Å². The third-order valence-corrected chi connectivity index (χ3v) is 5.57. The highest BCUT2D eigenvalue weighted by molar-refractivity contribution is 6.31. The smallest absolute Gasteiger partial charge is 0.119 e. The van der Waals surface area contributed by atoms with Gasteiger partial charge in [-0.3, -0.25) is 0 Å². The lowest BCUT2D eigenvalue weighted by Gasteiger charge is -2.22. The zero-order valence-electron chi connectivity index (χ0n) is 18.6. The maximum Gasteiger partial charge on any atom is 0.119 e. The molecule has 3 aromatic rings. The van der Waals surface area contributed by atoms with Crippen LogP contribution < -0.4 is 10.1 Å². The Hall–Kier alpha value is -1.50. The molecule has 3 rings (SSSR count). The second-order valence-corrected chi connectivity index (χ2v) is 7.68. The zero-order valence-corrected chi connectivity index (χ0v) is 21.0. The summed E-state index contributed by atoms with van der Waals surface area (Å²) in [6, 6.07) is 12.3. The summed E-state index contributed by atoms with van der Waals surface area (Å²) in [4.78, 5) is 7.27. The van der Waals surface area contributed by atoms with E-state index in [9.17, 15) is 0 Å². The average Bonchev–Trinajstić information content (AvgIpc) is 2.70. The van der Waals surface area contributed by atoms with Crippen molar-refractivity contribution in [2.45, 2.75) is 39.7 Å². The molecule has 0 radical (unpaired) electrons. The second kappa shape index (κ2) is 13.8. The number of hydrogen-bond donors (Lipinski definition) is 1. The van der Waals surface area contributed by atoms with Crippen LogP contribution in [0.5, 0.6) is 5.75 Å². The monoisotopic (exact) mass is 489 g/mol. The van der Waals surface area contributed by atoms with Crippen molar-refractivity contribution in [1.29, 1.82) is 0 Å². The summed E-state index contributed by atoms with van der Waals surface area (Å²) in [5.74, 6) is 0.833. The number of anilines is 1. The molecule has 1 aromatic heterocycles. The molecule has 0 saturated heterocycles. The van der Waals surface area contributed by atoms with E-state index in [0.717, 1.165) is 59.3 Å². The predicted octanol–water partition coefficient (Wildman–Crippen LogP) is 5.99. The Kier molecular flexibility index (Phi) is 13.1. The van der Waals surface area contributed by atoms with E-state index < -0.39 is 0 Å².